The monoisotopic (exact) mass is 1170 g/mol. The number of ketones is 1. The maximum atomic E-state index is 12.8. The molecule has 0 atom stereocenters. The van der Waals surface area contributed by atoms with E-state index in [1.807, 2.05) is 36.4 Å². The van der Waals surface area contributed by atoms with Gasteiger partial charge in [0.15, 0.2) is 11.5 Å². The Kier molecular flexibility index (Phi) is 20.9. The quantitative estimate of drug-likeness (QED) is 0.0132. The maximum Gasteiger partial charge on any atom is 0.488 e. The van der Waals surface area contributed by atoms with E-state index in [-0.39, 0.29) is 24.1 Å². The number of benzene rings is 7. The van der Waals surface area contributed by atoms with Crippen LogP contribution in [0.1, 0.15) is 72.9 Å². The zero-order valence-electron chi connectivity index (χ0n) is 50.6. The minimum Gasteiger partial charge on any atom is -0.423 e. The molecule has 0 fully saturated rings. The van der Waals surface area contributed by atoms with Crippen molar-refractivity contribution in [2.24, 2.45) is 0 Å². The van der Waals surface area contributed by atoms with Crippen LogP contribution in [0.4, 0.5) is 5.69 Å². The van der Waals surface area contributed by atoms with Gasteiger partial charge >= 0.3 is 14.2 Å². The molecule has 7 aromatic rings. The number of Topliss-reactive ketones (excluding diaryl/α,β-unsaturated/α-hetero) is 1. The van der Waals surface area contributed by atoms with Gasteiger partial charge in [-0.25, -0.2) is 4.58 Å². The number of carbonyl (C=O) groups excluding carboxylic acids is 2. The van der Waals surface area contributed by atoms with Crippen LogP contribution in [-0.4, -0.2) is 122 Å². The Labute approximate surface area is 510 Å². The fourth-order valence-electron chi connectivity index (χ4n) is 12.1. The van der Waals surface area contributed by atoms with Crippen molar-refractivity contribution < 1.29 is 34.3 Å². The number of hydrogen-bond acceptors (Lipinski definition) is 9. The first-order valence-electron chi connectivity index (χ1n) is 29.2. The Morgan fingerprint density at radius 3 is 1.72 bits per heavy atom. The average molecular weight is 1170 g/mol. The van der Waals surface area contributed by atoms with Gasteiger partial charge in [-0.1, -0.05) is 142 Å². The van der Waals surface area contributed by atoms with Gasteiger partial charge in [0.25, 0.3) is 0 Å². The van der Waals surface area contributed by atoms with E-state index < -0.39 is 22.3 Å². The summed E-state index contributed by atoms with van der Waals surface area (Å²) >= 11 is 0. The zero-order chi connectivity index (χ0) is 60.0. The second-order valence-electron chi connectivity index (χ2n) is 23.7. The minimum atomic E-state index is -2.15. The number of carbonyl (C=O) groups is 2. The largest absolute Gasteiger partial charge is 0.488 e. The third-order valence-electron chi connectivity index (χ3n) is 16.8. The number of nitrogens with zero attached hydrogens (tertiary/aromatic N) is 4. The molecule has 1 amide bonds. The molecule has 0 saturated carbocycles. The molecule has 0 aromatic heterocycles. The molecule has 85 heavy (non-hydrogen) atoms. The number of nitrogens with one attached hydrogen (secondary N) is 1. The molecule has 11 nitrogen and oxygen atoms in total. The summed E-state index contributed by atoms with van der Waals surface area (Å²) in [6.07, 6.45) is 9.44. The highest BCUT2D eigenvalue weighted by Gasteiger charge is 2.40. The zero-order valence-corrected chi connectivity index (χ0v) is 52.4. The Morgan fingerprint density at radius 2 is 1.15 bits per heavy atom. The van der Waals surface area contributed by atoms with Crippen molar-refractivity contribution in [3.8, 4) is 11.1 Å². The first-order chi connectivity index (χ1) is 40.2. The smallest absolute Gasteiger partial charge is 0.423 e. The van der Waals surface area contributed by atoms with Crippen LogP contribution in [0.15, 0.2) is 187 Å². The average Bonchev–Trinajstić information content (AvgIpc) is 0.862. The highest BCUT2D eigenvalue weighted by molar-refractivity contribution is 6.98. The van der Waals surface area contributed by atoms with Gasteiger partial charge in [0.05, 0.1) is 0 Å². The molecule has 0 unspecified atom stereocenters. The molecule has 1 heterocycles. The Bertz CT molecular complexity index is 3810. The molecule has 0 radical (unpaired) electrons. The highest BCUT2D eigenvalue weighted by Crippen LogP contribution is 2.43. The SMILES string of the molecule is C=C(C)C(=O)CCCCN(Cc1ccccc1B(O)O)Cc1c2ccccc2c(CN(CCCNC(=O)C(=C)C)Cc2ccccc2B(O)O)c2ccc(-c3ccc(C4=C5C=CC(=[N+](C)C)C=C5[Si](C)(C)c5cc(N(C)C)ccc54)cc3)cc12.Cl. The summed E-state index contributed by atoms with van der Waals surface area (Å²) in [7, 11) is 2.98. The Hall–Kier alpha value is -7.23. The molecule has 1 aliphatic heterocycles. The van der Waals surface area contributed by atoms with E-state index in [4.69, 9.17) is 0 Å². The second kappa shape index (κ2) is 27.9. The Morgan fingerprint density at radius 1 is 0.612 bits per heavy atom. The molecule has 1 aliphatic carbocycles. The summed E-state index contributed by atoms with van der Waals surface area (Å²) in [6, 6.07) is 46.3. The van der Waals surface area contributed by atoms with E-state index in [1.54, 1.807) is 26.0 Å². The first-order valence-corrected chi connectivity index (χ1v) is 32.2. The van der Waals surface area contributed by atoms with Crippen molar-refractivity contribution in [1.82, 2.24) is 15.1 Å². The van der Waals surface area contributed by atoms with E-state index in [2.05, 4.69) is 182 Å². The third-order valence-corrected chi connectivity index (χ3v) is 20.3. The lowest BCUT2D eigenvalue weighted by atomic mass is 9.77. The predicted octanol–water partition coefficient (Wildman–Crippen LogP) is 9.39. The summed E-state index contributed by atoms with van der Waals surface area (Å²) in [5.41, 5.74) is 15.2. The van der Waals surface area contributed by atoms with Gasteiger partial charge < -0.3 is 30.3 Å². The highest BCUT2D eigenvalue weighted by atomic mass is 35.5. The van der Waals surface area contributed by atoms with Crippen LogP contribution in [0, 0.1) is 0 Å². The van der Waals surface area contributed by atoms with Crippen molar-refractivity contribution in [2.45, 2.75) is 78.8 Å². The van der Waals surface area contributed by atoms with Gasteiger partial charge in [0.1, 0.15) is 22.2 Å². The van der Waals surface area contributed by atoms with Crippen molar-refractivity contribution in [1.29, 1.82) is 0 Å². The summed E-state index contributed by atoms with van der Waals surface area (Å²) in [5.74, 6) is -0.134. The second-order valence-corrected chi connectivity index (χ2v) is 28.0. The molecule has 9 rings (SSSR count). The van der Waals surface area contributed by atoms with E-state index in [0.717, 1.165) is 66.9 Å². The molecule has 0 spiro atoms. The lowest BCUT2D eigenvalue weighted by molar-refractivity contribution is -0.462. The third kappa shape index (κ3) is 14.4. The molecular formula is C70H81B2ClN5O6Si+. The molecule has 7 aromatic carbocycles. The Balaban J connectivity index is 0.00000940. The first kappa shape index (κ1) is 63.8. The van der Waals surface area contributed by atoms with E-state index in [1.165, 1.54) is 38.5 Å². The maximum absolute atomic E-state index is 12.8. The van der Waals surface area contributed by atoms with Crippen LogP contribution in [0.3, 0.4) is 0 Å². The number of amides is 1. The fourth-order valence-corrected chi connectivity index (χ4v) is 15.2. The lowest BCUT2D eigenvalue weighted by Crippen LogP contribution is -2.49. The van der Waals surface area contributed by atoms with Gasteiger partial charge in [0.2, 0.25) is 5.91 Å². The van der Waals surface area contributed by atoms with Crippen LogP contribution in [-0.2, 0) is 35.8 Å². The summed E-state index contributed by atoms with van der Waals surface area (Å²) in [5, 5.41) is 52.5. The van der Waals surface area contributed by atoms with Gasteiger partial charge in [0, 0.05) is 83.2 Å². The normalized spacial score (nSPS) is 13.3. The van der Waals surface area contributed by atoms with Crippen molar-refractivity contribution in [3.05, 3.63) is 220 Å². The summed E-state index contributed by atoms with van der Waals surface area (Å²) in [6.45, 7) is 19.7. The van der Waals surface area contributed by atoms with Gasteiger partial charge in [-0.2, -0.15) is 0 Å². The van der Waals surface area contributed by atoms with E-state index >= 15 is 0 Å². The molecular weight excluding hydrogens is 1090 g/mol. The van der Waals surface area contributed by atoms with E-state index in [9.17, 15) is 29.7 Å². The predicted molar refractivity (Wildman–Crippen MR) is 359 cm³/mol. The van der Waals surface area contributed by atoms with Gasteiger partial charge in [-0.05, 0) is 168 Å². The van der Waals surface area contributed by atoms with Crippen LogP contribution in [0.25, 0.3) is 38.2 Å². The molecule has 15 heteroatoms. The van der Waals surface area contributed by atoms with Gasteiger partial charge in [-0.15, -0.1) is 12.4 Å². The van der Waals surface area contributed by atoms with E-state index in [0.29, 0.717) is 87.1 Å². The molecule has 5 N–H and O–H groups in total. The van der Waals surface area contributed by atoms with Crippen LogP contribution < -0.4 is 26.3 Å². The fraction of sp³-hybridized carbons (Fsp3) is 0.271. The van der Waals surface area contributed by atoms with Crippen molar-refractivity contribution in [2.75, 3.05) is 52.7 Å². The van der Waals surface area contributed by atoms with Crippen LogP contribution in [0.5, 0.6) is 0 Å². The molecule has 438 valence electrons. The van der Waals surface area contributed by atoms with Crippen molar-refractivity contribution >= 4 is 101 Å². The summed E-state index contributed by atoms with van der Waals surface area (Å²) in [4.78, 5) is 32.3. The minimum absolute atomic E-state index is 0. The number of anilines is 1. The summed E-state index contributed by atoms with van der Waals surface area (Å²) < 4.78 is 2.19. The molecule has 0 saturated heterocycles. The van der Waals surface area contributed by atoms with Gasteiger partial charge in [-0.3, -0.25) is 19.4 Å². The number of unbranched alkanes of at least 4 members (excludes halogenated alkanes) is 1. The topological polar surface area (TPSA) is 140 Å². The standard InChI is InChI=1S/C70H79B2N5O6Si.ClH/c1-47(2)66(78)26-17-18-38-76(43-52-20-11-15-24-64(52)71(80)81)46-63-57-23-14-13-22-56(57)62(45-77(39-19-37-73-70(79)48(3)4)44-53-21-12-16-25-65(53)72(82)83)58-34-31-51(40-61(58)63)49-27-29-50(30-28-49)69-59-35-32-54(74(5)6)41-67(59)84(9,10)68-42-55(75(7)8)33-36-60(68)69;/h11-16,20-25,27-36,40-42,80-83H,1,3,17-19,26,37-39,43-46H2,2,4-10H3;1H/p+1. The number of allylic oxidation sites excluding steroid dienone is 6. The number of rotatable bonds is 24. The molecule has 0 bridgehead atoms. The lowest BCUT2D eigenvalue weighted by Gasteiger charge is -2.38. The van der Waals surface area contributed by atoms with Crippen LogP contribution in [0.2, 0.25) is 13.1 Å². The van der Waals surface area contributed by atoms with Crippen molar-refractivity contribution in [3.63, 3.8) is 0 Å². The number of halogens is 1. The molecule has 2 aliphatic rings. The number of fused-ring (bicyclic) bond motifs is 4. The van der Waals surface area contributed by atoms with Crippen LogP contribution >= 0.6 is 12.4 Å². The number of hydrogen-bond donors (Lipinski definition) is 5.